The van der Waals surface area contributed by atoms with Crippen molar-refractivity contribution >= 4 is 12.2 Å². The van der Waals surface area contributed by atoms with E-state index in [1.807, 2.05) is 12.2 Å². The zero-order valence-corrected chi connectivity index (χ0v) is 8.49. The number of esters is 1. The minimum atomic E-state index is -0.397. The molecular weight excluding hydrogens is 192 g/mol. The molecule has 1 aliphatic carbocycles. The highest BCUT2D eigenvalue weighted by atomic mass is 16.5. The molecule has 0 radical (unpaired) electrons. The third-order valence-corrected chi connectivity index (χ3v) is 2.33. The fraction of sp³-hybridized carbons (Fsp3) is 0.273. The predicted molar refractivity (Wildman–Crippen MR) is 57.1 cm³/mol. The summed E-state index contributed by atoms with van der Waals surface area (Å²) in [7, 11) is 0. The van der Waals surface area contributed by atoms with Crippen molar-refractivity contribution in [3.63, 3.8) is 0 Å². The van der Waals surface area contributed by atoms with Gasteiger partial charge in [-0.1, -0.05) is 6.08 Å². The van der Waals surface area contributed by atoms with Gasteiger partial charge in [0.2, 0.25) is 0 Å². The molecule has 1 heterocycles. The van der Waals surface area contributed by atoms with E-state index in [9.17, 15) is 4.79 Å². The van der Waals surface area contributed by atoms with E-state index in [-0.39, 0.29) is 0 Å². The monoisotopic (exact) mass is 204 g/mol. The molecule has 4 nitrogen and oxygen atoms in total. The number of nitrogens with zero attached hydrogens (tertiary/aromatic N) is 1. The molecule has 0 bridgehead atoms. The average molecular weight is 204 g/mol. The Labute approximate surface area is 87.8 Å². The Balaban J connectivity index is 2.41. The van der Waals surface area contributed by atoms with Crippen LogP contribution in [0, 0.1) is 0 Å². The molecule has 0 fully saturated rings. The second-order valence-electron chi connectivity index (χ2n) is 3.28. The molecule has 0 saturated heterocycles. The summed E-state index contributed by atoms with van der Waals surface area (Å²) < 4.78 is 4.94. The molecular formula is C11H12N2O2. The number of rotatable bonds is 2. The Morgan fingerprint density at radius 3 is 3.20 bits per heavy atom. The van der Waals surface area contributed by atoms with Gasteiger partial charge in [-0.05, 0) is 25.0 Å². The molecule has 2 aliphatic rings. The Morgan fingerprint density at radius 1 is 1.67 bits per heavy atom. The summed E-state index contributed by atoms with van der Waals surface area (Å²) in [6.45, 7) is 2.10. The van der Waals surface area contributed by atoms with Gasteiger partial charge >= 0.3 is 5.97 Å². The molecule has 4 heteroatoms. The van der Waals surface area contributed by atoms with E-state index >= 15 is 0 Å². The standard InChI is InChI=1S/C11H12N2O2/c1-2-15-11(14)9-8(12)4-3-7-5-6-13-10(7)9/h4-6H,2-3,12H2,1H3. The van der Waals surface area contributed by atoms with Crippen LogP contribution in [0.2, 0.25) is 0 Å². The van der Waals surface area contributed by atoms with Crippen LogP contribution in [0.3, 0.4) is 0 Å². The predicted octanol–water partition coefficient (Wildman–Crippen LogP) is 1.06. The third-order valence-electron chi connectivity index (χ3n) is 2.33. The Hall–Kier alpha value is -1.84. The van der Waals surface area contributed by atoms with Gasteiger partial charge in [0, 0.05) is 11.9 Å². The fourth-order valence-corrected chi connectivity index (χ4v) is 1.63. The first-order chi connectivity index (χ1) is 7.24. The lowest BCUT2D eigenvalue weighted by Crippen LogP contribution is -2.18. The maximum Gasteiger partial charge on any atom is 0.342 e. The van der Waals surface area contributed by atoms with Crippen LogP contribution in [0.4, 0.5) is 0 Å². The summed E-state index contributed by atoms with van der Waals surface area (Å²) in [5.41, 5.74) is 8.30. The van der Waals surface area contributed by atoms with Gasteiger partial charge in [-0.25, -0.2) is 4.79 Å². The van der Waals surface area contributed by atoms with Gasteiger partial charge in [0.05, 0.1) is 12.3 Å². The number of nitrogens with two attached hydrogens (primary N) is 1. The van der Waals surface area contributed by atoms with Crippen molar-refractivity contribution in [3.05, 3.63) is 34.7 Å². The quantitative estimate of drug-likeness (QED) is 0.684. The molecule has 2 N–H and O–H groups in total. The smallest absolute Gasteiger partial charge is 0.342 e. The van der Waals surface area contributed by atoms with Crippen molar-refractivity contribution in [3.8, 4) is 0 Å². The molecule has 0 spiro atoms. The number of hydrogen-bond donors (Lipinski definition) is 1. The molecule has 0 aromatic carbocycles. The molecule has 0 atom stereocenters. The first kappa shape index (κ1) is 9.71. The maximum absolute atomic E-state index is 11.6. The van der Waals surface area contributed by atoms with Gasteiger partial charge < -0.3 is 10.5 Å². The molecule has 0 unspecified atom stereocenters. The molecule has 78 valence electrons. The van der Waals surface area contributed by atoms with Gasteiger partial charge in [-0.3, -0.25) is 4.99 Å². The van der Waals surface area contributed by atoms with Gasteiger partial charge in [0.15, 0.2) is 0 Å². The van der Waals surface area contributed by atoms with Crippen LogP contribution in [0.1, 0.15) is 13.3 Å². The Morgan fingerprint density at radius 2 is 2.47 bits per heavy atom. The second kappa shape index (κ2) is 3.73. The molecule has 1 aliphatic heterocycles. The van der Waals surface area contributed by atoms with Crippen molar-refractivity contribution in [2.45, 2.75) is 13.3 Å². The summed E-state index contributed by atoms with van der Waals surface area (Å²) in [4.78, 5) is 15.8. The van der Waals surface area contributed by atoms with Crippen molar-refractivity contribution in [2.75, 3.05) is 6.61 Å². The van der Waals surface area contributed by atoms with Gasteiger partial charge in [-0.2, -0.15) is 0 Å². The van der Waals surface area contributed by atoms with E-state index in [0.717, 1.165) is 12.0 Å². The fourth-order valence-electron chi connectivity index (χ4n) is 1.63. The Kier molecular flexibility index (Phi) is 2.41. The average Bonchev–Trinajstić information content (AvgIpc) is 2.65. The van der Waals surface area contributed by atoms with E-state index in [0.29, 0.717) is 23.6 Å². The number of carbonyl (C=O) groups is 1. The number of aliphatic imine (C=N–C) groups is 1. The summed E-state index contributed by atoms with van der Waals surface area (Å²) in [6.07, 6.45) is 6.11. The summed E-state index contributed by atoms with van der Waals surface area (Å²) >= 11 is 0. The lowest BCUT2D eigenvalue weighted by molar-refractivity contribution is -0.138. The lowest BCUT2D eigenvalue weighted by Gasteiger charge is -2.15. The Bertz CT molecular complexity index is 428. The number of allylic oxidation sites excluding steroid dienone is 3. The summed E-state index contributed by atoms with van der Waals surface area (Å²) in [6, 6.07) is 0. The zero-order chi connectivity index (χ0) is 10.8. The number of fused-ring (bicyclic) bond motifs is 1. The number of ether oxygens (including phenoxy) is 1. The highest BCUT2D eigenvalue weighted by Gasteiger charge is 2.25. The van der Waals surface area contributed by atoms with E-state index in [2.05, 4.69) is 4.99 Å². The van der Waals surface area contributed by atoms with E-state index in [1.165, 1.54) is 0 Å². The molecule has 0 aromatic heterocycles. The van der Waals surface area contributed by atoms with Crippen LogP contribution in [0.5, 0.6) is 0 Å². The molecule has 15 heavy (non-hydrogen) atoms. The number of hydrogen-bond acceptors (Lipinski definition) is 4. The highest BCUT2D eigenvalue weighted by Crippen LogP contribution is 2.31. The molecule has 0 amide bonds. The van der Waals surface area contributed by atoms with Crippen molar-refractivity contribution < 1.29 is 9.53 Å². The first-order valence-corrected chi connectivity index (χ1v) is 4.85. The lowest BCUT2D eigenvalue weighted by atomic mass is 9.96. The minimum Gasteiger partial charge on any atom is -0.462 e. The molecule has 2 rings (SSSR count). The van der Waals surface area contributed by atoms with E-state index < -0.39 is 5.97 Å². The SMILES string of the molecule is CCOC(=O)C1=C2N=CC=C2CC=C1N. The van der Waals surface area contributed by atoms with Gasteiger partial charge in [-0.15, -0.1) is 0 Å². The van der Waals surface area contributed by atoms with Gasteiger partial charge in [0.25, 0.3) is 0 Å². The van der Waals surface area contributed by atoms with Crippen LogP contribution >= 0.6 is 0 Å². The largest absolute Gasteiger partial charge is 0.462 e. The molecule has 0 aromatic rings. The van der Waals surface area contributed by atoms with Crippen LogP contribution in [0.15, 0.2) is 39.7 Å². The van der Waals surface area contributed by atoms with Crippen molar-refractivity contribution in [1.29, 1.82) is 0 Å². The number of carbonyl (C=O) groups excluding carboxylic acids is 1. The highest BCUT2D eigenvalue weighted by molar-refractivity contribution is 5.97. The zero-order valence-electron chi connectivity index (χ0n) is 8.49. The second-order valence-corrected chi connectivity index (χ2v) is 3.28. The van der Waals surface area contributed by atoms with Crippen LogP contribution in [0.25, 0.3) is 0 Å². The third kappa shape index (κ3) is 1.58. The molecule has 0 saturated carbocycles. The summed E-state index contributed by atoms with van der Waals surface area (Å²) in [5, 5.41) is 0. The van der Waals surface area contributed by atoms with Crippen LogP contribution < -0.4 is 5.73 Å². The normalized spacial score (nSPS) is 18.5. The van der Waals surface area contributed by atoms with Gasteiger partial charge in [0.1, 0.15) is 5.57 Å². The summed E-state index contributed by atoms with van der Waals surface area (Å²) in [5.74, 6) is -0.397. The topological polar surface area (TPSA) is 64.7 Å². The van der Waals surface area contributed by atoms with Crippen LogP contribution in [-0.4, -0.2) is 18.8 Å². The van der Waals surface area contributed by atoms with Crippen molar-refractivity contribution in [2.24, 2.45) is 10.7 Å². The van der Waals surface area contributed by atoms with E-state index in [4.69, 9.17) is 10.5 Å². The van der Waals surface area contributed by atoms with Crippen LogP contribution in [-0.2, 0) is 9.53 Å². The van der Waals surface area contributed by atoms with E-state index in [1.54, 1.807) is 13.1 Å². The maximum atomic E-state index is 11.6. The first-order valence-electron chi connectivity index (χ1n) is 4.85. The minimum absolute atomic E-state index is 0.339. The van der Waals surface area contributed by atoms with Crippen molar-refractivity contribution in [1.82, 2.24) is 0 Å².